The zero-order valence-electron chi connectivity index (χ0n) is 11.5. The molecule has 1 heterocycles. The molecule has 18 heavy (non-hydrogen) atoms. The zero-order valence-corrected chi connectivity index (χ0v) is 11.5. The van der Waals surface area contributed by atoms with Crippen LogP contribution in [-0.4, -0.2) is 47.6 Å². The summed E-state index contributed by atoms with van der Waals surface area (Å²) in [4.78, 5) is 13.5. The highest BCUT2D eigenvalue weighted by atomic mass is 19.1. The predicted molar refractivity (Wildman–Crippen MR) is 67.1 cm³/mol. The molecule has 5 heteroatoms. The third kappa shape index (κ3) is 5.21. The highest BCUT2D eigenvalue weighted by molar-refractivity contribution is 5.68. The number of aliphatic hydroxyl groups is 1. The standard InChI is InChI=1S/C13H24FNO3/c1-13(2,3)18-12(17)15-6-4-10(5-7-15)8-11(14)9-16/h10-11,16H,4-9H2,1-3H3. The van der Waals surface area contributed by atoms with Gasteiger partial charge in [0.05, 0.1) is 6.61 Å². The highest BCUT2D eigenvalue weighted by Crippen LogP contribution is 2.24. The fourth-order valence-electron chi connectivity index (χ4n) is 2.11. The average molecular weight is 261 g/mol. The van der Waals surface area contributed by atoms with Gasteiger partial charge in [-0.25, -0.2) is 9.18 Å². The van der Waals surface area contributed by atoms with Crippen LogP contribution in [0.1, 0.15) is 40.0 Å². The van der Waals surface area contributed by atoms with Gasteiger partial charge in [-0.05, 0) is 46.0 Å². The fourth-order valence-corrected chi connectivity index (χ4v) is 2.11. The summed E-state index contributed by atoms with van der Waals surface area (Å²) in [6, 6.07) is 0. The predicted octanol–water partition coefficient (Wildman–Crippen LogP) is 2.35. The van der Waals surface area contributed by atoms with Crippen molar-refractivity contribution in [3.63, 3.8) is 0 Å². The molecule has 0 spiro atoms. The number of amides is 1. The molecule has 1 aliphatic rings. The number of carbonyl (C=O) groups is 1. The lowest BCUT2D eigenvalue weighted by Crippen LogP contribution is -2.42. The van der Waals surface area contributed by atoms with Crippen LogP contribution in [-0.2, 0) is 4.74 Å². The van der Waals surface area contributed by atoms with Crippen LogP contribution in [0.4, 0.5) is 9.18 Å². The lowest BCUT2D eigenvalue weighted by molar-refractivity contribution is 0.0166. The van der Waals surface area contributed by atoms with Crippen LogP contribution >= 0.6 is 0 Å². The first-order chi connectivity index (χ1) is 8.31. The number of alkyl halides is 1. The fraction of sp³-hybridized carbons (Fsp3) is 0.923. The van der Waals surface area contributed by atoms with E-state index in [4.69, 9.17) is 9.84 Å². The van der Waals surface area contributed by atoms with Gasteiger partial charge in [0.1, 0.15) is 11.8 Å². The van der Waals surface area contributed by atoms with Crippen molar-refractivity contribution in [2.24, 2.45) is 5.92 Å². The Morgan fingerprint density at radius 3 is 2.44 bits per heavy atom. The molecule has 0 aromatic heterocycles. The number of hydrogen-bond donors (Lipinski definition) is 1. The van der Waals surface area contributed by atoms with Gasteiger partial charge in [-0.2, -0.15) is 0 Å². The van der Waals surface area contributed by atoms with Crippen LogP contribution < -0.4 is 0 Å². The SMILES string of the molecule is CC(C)(C)OC(=O)N1CCC(CC(F)CO)CC1. The van der Waals surface area contributed by atoms with E-state index in [2.05, 4.69) is 0 Å². The van der Waals surface area contributed by atoms with Crippen molar-refractivity contribution >= 4 is 6.09 Å². The van der Waals surface area contributed by atoms with E-state index < -0.39 is 18.4 Å². The van der Waals surface area contributed by atoms with Gasteiger partial charge in [-0.1, -0.05) is 0 Å². The van der Waals surface area contributed by atoms with Gasteiger partial charge >= 0.3 is 6.09 Å². The molecule has 0 saturated carbocycles. The van der Waals surface area contributed by atoms with Crippen LogP contribution in [0.15, 0.2) is 0 Å². The number of piperidine rings is 1. The van der Waals surface area contributed by atoms with Gasteiger partial charge in [0.2, 0.25) is 0 Å². The summed E-state index contributed by atoms with van der Waals surface area (Å²) >= 11 is 0. The molecular weight excluding hydrogens is 237 g/mol. The van der Waals surface area contributed by atoms with Gasteiger partial charge in [-0.3, -0.25) is 0 Å². The minimum Gasteiger partial charge on any atom is -0.444 e. The smallest absolute Gasteiger partial charge is 0.410 e. The number of nitrogens with zero attached hydrogens (tertiary/aromatic N) is 1. The minimum absolute atomic E-state index is 0.255. The lowest BCUT2D eigenvalue weighted by Gasteiger charge is -2.33. The molecule has 1 N–H and O–H groups in total. The van der Waals surface area contributed by atoms with Crippen LogP contribution in [0.3, 0.4) is 0 Å². The van der Waals surface area contributed by atoms with Crippen molar-refractivity contribution in [2.75, 3.05) is 19.7 Å². The van der Waals surface area contributed by atoms with Crippen molar-refractivity contribution in [3.8, 4) is 0 Å². The topological polar surface area (TPSA) is 49.8 Å². The molecule has 0 radical (unpaired) electrons. The molecule has 1 saturated heterocycles. The first kappa shape index (κ1) is 15.2. The highest BCUT2D eigenvalue weighted by Gasteiger charge is 2.27. The van der Waals surface area contributed by atoms with Gasteiger partial charge in [-0.15, -0.1) is 0 Å². The Kier molecular flexibility index (Phi) is 5.38. The summed E-state index contributed by atoms with van der Waals surface area (Å²) in [7, 11) is 0. The van der Waals surface area contributed by atoms with Crippen molar-refractivity contribution in [3.05, 3.63) is 0 Å². The first-order valence-electron chi connectivity index (χ1n) is 6.54. The van der Waals surface area contributed by atoms with E-state index in [0.717, 1.165) is 12.8 Å². The van der Waals surface area contributed by atoms with Crippen LogP contribution in [0.5, 0.6) is 0 Å². The van der Waals surface area contributed by atoms with Crippen molar-refractivity contribution in [1.82, 2.24) is 4.90 Å². The molecule has 1 aliphatic heterocycles. The number of halogens is 1. The molecule has 0 bridgehead atoms. The second-order valence-corrected chi connectivity index (χ2v) is 5.93. The Bertz CT molecular complexity index is 270. The van der Waals surface area contributed by atoms with Gasteiger partial charge in [0, 0.05) is 13.1 Å². The molecule has 0 aromatic rings. The lowest BCUT2D eigenvalue weighted by atomic mass is 9.92. The number of rotatable bonds is 3. The van der Waals surface area contributed by atoms with Crippen molar-refractivity contribution in [2.45, 2.75) is 51.8 Å². The van der Waals surface area contributed by atoms with E-state index in [1.807, 2.05) is 20.8 Å². The number of aliphatic hydroxyl groups excluding tert-OH is 1. The molecule has 0 aliphatic carbocycles. The van der Waals surface area contributed by atoms with Gasteiger partial charge < -0.3 is 14.7 Å². The maximum absolute atomic E-state index is 13.0. The maximum atomic E-state index is 13.0. The Morgan fingerprint density at radius 2 is 2.00 bits per heavy atom. The Hall–Kier alpha value is -0.840. The monoisotopic (exact) mass is 261 g/mol. The number of ether oxygens (including phenoxy) is 1. The molecule has 1 atom stereocenters. The summed E-state index contributed by atoms with van der Waals surface area (Å²) in [5, 5.41) is 8.67. The molecule has 1 unspecified atom stereocenters. The molecule has 1 amide bonds. The van der Waals surface area contributed by atoms with E-state index in [9.17, 15) is 9.18 Å². The van der Waals surface area contributed by atoms with Crippen molar-refractivity contribution < 1.29 is 19.0 Å². The van der Waals surface area contributed by atoms with E-state index in [0.29, 0.717) is 19.5 Å². The maximum Gasteiger partial charge on any atom is 0.410 e. The summed E-state index contributed by atoms with van der Waals surface area (Å²) in [6.07, 6.45) is 0.515. The van der Waals surface area contributed by atoms with E-state index in [1.54, 1.807) is 4.90 Å². The number of likely N-dealkylation sites (tertiary alicyclic amines) is 1. The second kappa shape index (κ2) is 6.36. The quantitative estimate of drug-likeness (QED) is 0.848. The average Bonchev–Trinajstić information content (AvgIpc) is 2.27. The summed E-state index contributed by atoms with van der Waals surface area (Å²) < 4.78 is 18.3. The van der Waals surface area contributed by atoms with Gasteiger partial charge in [0.15, 0.2) is 0 Å². The molecular formula is C13H24FNO3. The largest absolute Gasteiger partial charge is 0.444 e. The Balaban J connectivity index is 2.33. The third-order valence-electron chi connectivity index (χ3n) is 3.05. The van der Waals surface area contributed by atoms with Crippen LogP contribution in [0.25, 0.3) is 0 Å². The van der Waals surface area contributed by atoms with Crippen molar-refractivity contribution in [1.29, 1.82) is 0 Å². The molecule has 1 fully saturated rings. The molecule has 106 valence electrons. The normalized spacial score (nSPS) is 19.7. The summed E-state index contributed by atoms with van der Waals surface area (Å²) in [5.74, 6) is 0.255. The molecule has 0 aromatic carbocycles. The Labute approximate surface area is 108 Å². The second-order valence-electron chi connectivity index (χ2n) is 5.93. The Morgan fingerprint density at radius 1 is 1.44 bits per heavy atom. The van der Waals surface area contributed by atoms with Crippen LogP contribution in [0.2, 0.25) is 0 Å². The van der Waals surface area contributed by atoms with E-state index >= 15 is 0 Å². The number of carbonyl (C=O) groups excluding carboxylic acids is 1. The summed E-state index contributed by atoms with van der Waals surface area (Å²) in [6.45, 7) is 6.33. The molecule has 4 nitrogen and oxygen atoms in total. The number of hydrogen-bond acceptors (Lipinski definition) is 3. The van der Waals surface area contributed by atoms with Gasteiger partial charge in [0.25, 0.3) is 0 Å². The zero-order chi connectivity index (χ0) is 13.8. The minimum atomic E-state index is -1.14. The third-order valence-corrected chi connectivity index (χ3v) is 3.05. The van der Waals surface area contributed by atoms with E-state index in [-0.39, 0.29) is 12.0 Å². The first-order valence-corrected chi connectivity index (χ1v) is 6.54. The van der Waals surface area contributed by atoms with Crippen LogP contribution in [0, 0.1) is 5.92 Å². The summed E-state index contributed by atoms with van der Waals surface area (Å²) in [5.41, 5.74) is -0.477. The molecule has 1 rings (SSSR count). The van der Waals surface area contributed by atoms with E-state index in [1.165, 1.54) is 0 Å².